The standard InChI is InChI=1S/C7H9N3O/c1-2-5-11-6-3-4-9-7(8)10-6/h2-4H,1,5H2,(H2,8,9,10). The van der Waals surface area contributed by atoms with Crippen LogP contribution in [0.15, 0.2) is 24.9 Å². The maximum Gasteiger partial charge on any atom is 0.223 e. The number of hydrogen-bond acceptors (Lipinski definition) is 4. The van der Waals surface area contributed by atoms with E-state index in [1.54, 1.807) is 18.3 Å². The predicted molar refractivity (Wildman–Crippen MR) is 42.1 cm³/mol. The Kier molecular flexibility index (Phi) is 2.43. The van der Waals surface area contributed by atoms with E-state index in [1.165, 1.54) is 0 Å². The van der Waals surface area contributed by atoms with Gasteiger partial charge in [-0.3, -0.25) is 0 Å². The Balaban J connectivity index is 2.63. The molecule has 11 heavy (non-hydrogen) atoms. The van der Waals surface area contributed by atoms with Gasteiger partial charge in [0.15, 0.2) is 0 Å². The van der Waals surface area contributed by atoms with Crippen LogP contribution < -0.4 is 10.5 Å². The Bertz CT molecular complexity index is 249. The highest BCUT2D eigenvalue weighted by Crippen LogP contribution is 2.04. The molecule has 0 saturated heterocycles. The van der Waals surface area contributed by atoms with E-state index in [0.717, 1.165) is 0 Å². The molecule has 0 aliphatic rings. The van der Waals surface area contributed by atoms with Crippen molar-refractivity contribution in [3.8, 4) is 5.88 Å². The zero-order valence-corrected chi connectivity index (χ0v) is 6.03. The van der Waals surface area contributed by atoms with E-state index < -0.39 is 0 Å². The highest BCUT2D eigenvalue weighted by Gasteiger charge is 1.93. The minimum absolute atomic E-state index is 0.214. The van der Waals surface area contributed by atoms with Crippen LogP contribution in [-0.4, -0.2) is 16.6 Å². The zero-order valence-electron chi connectivity index (χ0n) is 6.03. The van der Waals surface area contributed by atoms with Gasteiger partial charge in [0.25, 0.3) is 0 Å². The molecule has 1 aromatic rings. The lowest BCUT2D eigenvalue weighted by atomic mass is 10.6. The van der Waals surface area contributed by atoms with Gasteiger partial charge < -0.3 is 10.5 Å². The molecule has 1 heterocycles. The maximum absolute atomic E-state index is 5.30. The van der Waals surface area contributed by atoms with Crippen LogP contribution in [-0.2, 0) is 0 Å². The Morgan fingerprint density at radius 3 is 3.18 bits per heavy atom. The van der Waals surface area contributed by atoms with Crippen molar-refractivity contribution in [3.63, 3.8) is 0 Å². The van der Waals surface area contributed by atoms with Crippen LogP contribution in [0, 0.1) is 0 Å². The Morgan fingerprint density at radius 1 is 1.73 bits per heavy atom. The first-order chi connectivity index (χ1) is 5.33. The molecular formula is C7H9N3O. The second-order valence-electron chi connectivity index (χ2n) is 1.85. The van der Waals surface area contributed by atoms with Gasteiger partial charge in [0, 0.05) is 12.3 Å². The van der Waals surface area contributed by atoms with Gasteiger partial charge in [-0.05, 0) is 0 Å². The second-order valence-corrected chi connectivity index (χ2v) is 1.85. The van der Waals surface area contributed by atoms with Gasteiger partial charge in [0.05, 0.1) is 0 Å². The second kappa shape index (κ2) is 3.55. The lowest BCUT2D eigenvalue weighted by Gasteiger charge is -2.00. The average molecular weight is 151 g/mol. The molecule has 0 aliphatic carbocycles. The molecule has 0 saturated carbocycles. The number of hydrogen-bond donors (Lipinski definition) is 1. The van der Waals surface area contributed by atoms with Crippen LogP contribution in [0.25, 0.3) is 0 Å². The summed E-state index contributed by atoms with van der Waals surface area (Å²) in [5, 5.41) is 0. The lowest BCUT2D eigenvalue weighted by Crippen LogP contribution is -1.99. The molecule has 4 heteroatoms. The summed E-state index contributed by atoms with van der Waals surface area (Å²) in [6.45, 7) is 3.93. The number of nitrogen functional groups attached to an aromatic ring is 1. The van der Waals surface area contributed by atoms with Crippen LogP contribution in [0.3, 0.4) is 0 Å². The molecule has 0 amide bonds. The smallest absolute Gasteiger partial charge is 0.223 e. The number of nitrogens with zero attached hydrogens (tertiary/aromatic N) is 2. The first-order valence-corrected chi connectivity index (χ1v) is 3.15. The molecule has 1 rings (SSSR count). The molecule has 0 bridgehead atoms. The minimum atomic E-state index is 0.214. The minimum Gasteiger partial charge on any atom is -0.473 e. The van der Waals surface area contributed by atoms with E-state index in [1.807, 2.05) is 0 Å². The summed E-state index contributed by atoms with van der Waals surface area (Å²) >= 11 is 0. The summed E-state index contributed by atoms with van der Waals surface area (Å²) in [7, 11) is 0. The largest absolute Gasteiger partial charge is 0.473 e. The van der Waals surface area contributed by atoms with Crippen molar-refractivity contribution in [2.75, 3.05) is 12.3 Å². The van der Waals surface area contributed by atoms with E-state index in [0.29, 0.717) is 12.5 Å². The fourth-order valence-corrected chi connectivity index (χ4v) is 0.581. The summed E-state index contributed by atoms with van der Waals surface area (Å²) in [6, 6.07) is 1.64. The molecule has 0 radical (unpaired) electrons. The zero-order chi connectivity index (χ0) is 8.10. The summed E-state index contributed by atoms with van der Waals surface area (Å²) in [5.41, 5.74) is 5.30. The molecule has 1 aromatic heterocycles. The SMILES string of the molecule is C=CCOc1ccnc(N)n1. The van der Waals surface area contributed by atoms with E-state index in [9.17, 15) is 0 Å². The fraction of sp³-hybridized carbons (Fsp3) is 0.143. The number of ether oxygens (including phenoxy) is 1. The first-order valence-electron chi connectivity index (χ1n) is 3.15. The highest BCUT2D eigenvalue weighted by atomic mass is 16.5. The van der Waals surface area contributed by atoms with Crippen molar-refractivity contribution in [1.82, 2.24) is 9.97 Å². The quantitative estimate of drug-likeness (QED) is 0.643. The van der Waals surface area contributed by atoms with Gasteiger partial charge >= 0.3 is 0 Å². The number of rotatable bonds is 3. The predicted octanol–water partition coefficient (Wildman–Crippen LogP) is 0.624. The van der Waals surface area contributed by atoms with Crippen molar-refractivity contribution in [3.05, 3.63) is 24.9 Å². The average Bonchev–Trinajstić information content (AvgIpc) is 2.01. The van der Waals surface area contributed by atoms with Crippen LogP contribution in [0.4, 0.5) is 5.95 Å². The molecule has 0 aliphatic heterocycles. The summed E-state index contributed by atoms with van der Waals surface area (Å²) < 4.78 is 5.09. The van der Waals surface area contributed by atoms with Crippen molar-refractivity contribution < 1.29 is 4.74 Å². The van der Waals surface area contributed by atoms with Crippen molar-refractivity contribution >= 4 is 5.95 Å². The van der Waals surface area contributed by atoms with Gasteiger partial charge in [-0.2, -0.15) is 4.98 Å². The first kappa shape index (κ1) is 7.53. The molecule has 0 unspecified atom stereocenters. The maximum atomic E-state index is 5.30. The Labute approximate surface area is 64.7 Å². The molecule has 0 spiro atoms. The number of anilines is 1. The molecule has 4 nitrogen and oxygen atoms in total. The van der Waals surface area contributed by atoms with E-state index in [4.69, 9.17) is 10.5 Å². The summed E-state index contributed by atoms with van der Waals surface area (Å²) in [6.07, 6.45) is 3.18. The summed E-state index contributed by atoms with van der Waals surface area (Å²) in [4.78, 5) is 7.52. The normalized spacial score (nSPS) is 9.09. The van der Waals surface area contributed by atoms with Crippen molar-refractivity contribution in [2.45, 2.75) is 0 Å². The van der Waals surface area contributed by atoms with E-state index in [2.05, 4.69) is 16.5 Å². The van der Waals surface area contributed by atoms with Crippen LogP contribution in [0.2, 0.25) is 0 Å². The fourth-order valence-electron chi connectivity index (χ4n) is 0.581. The monoisotopic (exact) mass is 151 g/mol. The van der Waals surface area contributed by atoms with Gasteiger partial charge in [-0.15, -0.1) is 0 Å². The van der Waals surface area contributed by atoms with Crippen LogP contribution in [0.1, 0.15) is 0 Å². The molecule has 2 N–H and O–H groups in total. The van der Waals surface area contributed by atoms with Crippen LogP contribution >= 0.6 is 0 Å². The third-order valence-corrected chi connectivity index (χ3v) is 0.998. The molecule has 0 atom stereocenters. The lowest BCUT2D eigenvalue weighted by molar-refractivity contribution is 0.348. The third-order valence-electron chi connectivity index (χ3n) is 0.998. The Morgan fingerprint density at radius 2 is 2.55 bits per heavy atom. The van der Waals surface area contributed by atoms with Gasteiger partial charge in [0.1, 0.15) is 6.61 Å². The summed E-state index contributed by atoms with van der Waals surface area (Å²) in [5.74, 6) is 0.684. The number of nitrogens with two attached hydrogens (primary N) is 1. The van der Waals surface area contributed by atoms with E-state index in [-0.39, 0.29) is 5.95 Å². The van der Waals surface area contributed by atoms with Crippen molar-refractivity contribution in [2.24, 2.45) is 0 Å². The molecule has 0 aromatic carbocycles. The topological polar surface area (TPSA) is 61.0 Å². The Hall–Kier alpha value is -1.58. The molecule has 0 fully saturated rings. The molecular weight excluding hydrogens is 142 g/mol. The molecule has 58 valence electrons. The van der Waals surface area contributed by atoms with Gasteiger partial charge in [-0.1, -0.05) is 12.7 Å². The highest BCUT2D eigenvalue weighted by molar-refractivity contribution is 5.20. The third kappa shape index (κ3) is 2.25. The van der Waals surface area contributed by atoms with E-state index >= 15 is 0 Å². The van der Waals surface area contributed by atoms with Gasteiger partial charge in [-0.25, -0.2) is 4.98 Å². The number of aromatic nitrogens is 2. The van der Waals surface area contributed by atoms with Gasteiger partial charge in [0.2, 0.25) is 11.8 Å². The van der Waals surface area contributed by atoms with Crippen LogP contribution in [0.5, 0.6) is 5.88 Å². The van der Waals surface area contributed by atoms with Crippen molar-refractivity contribution in [1.29, 1.82) is 0 Å².